The van der Waals surface area contributed by atoms with E-state index in [1.54, 1.807) is 36.4 Å². The van der Waals surface area contributed by atoms with Crippen molar-refractivity contribution in [1.29, 1.82) is 0 Å². The van der Waals surface area contributed by atoms with E-state index in [0.29, 0.717) is 24.0 Å². The molecule has 9 heteroatoms. The number of likely N-dealkylation sites (tertiary alicyclic amines) is 1. The Labute approximate surface area is 221 Å². The molecule has 2 fully saturated rings. The summed E-state index contributed by atoms with van der Waals surface area (Å²) in [5, 5.41) is 9.65. The lowest BCUT2D eigenvalue weighted by molar-refractivity contribution is -0.139. The normalized spacial score (nSPS) is 18.2. The van der Waals surface area contributed by atoms with Gasteiger partial charge in [0.2, 0.25) is 11.8 Å². The lowest BCUT2D eigenvalue weighted by Crippen LogP contribution is -2.34. The lowest BCUT2D eigenvalue weighted by atomic mass is 9.98. The minimum Gasteiger partial charge on any atom is -0.489 e. The Balaban J connectivity index is 1.31. The van der Waals surface area contributed by atoms with Crippen molar-refractivity contribution >= 4 is 29.4 Å². The molecule has 7 nitrogen and oxygen atoms in total. The summed E-state index contributed by atoms with van der Waals surface area (Å²) < 4.78 is 20.4. The molecule has 2 amide bonds. The summed E-state index contributed by atoms with van der Waals surface area (Å²) in [4.78, 5) is 39.5. The molecule has 198 valence electrons. The van der Waals surface area contributed by atoms with Gasteiger partial charge in [0.25, 0.3) is 0 Å². The Morgan fingerprint density at radius 3 is 2.54 bits per heavy atom. The van der Waals surface area contributed by atoms with Crippen LogP contribution in [-0.2, 0) is 20.9 Å². The molecule has 0 radical (unpaired) electrons. The molecule has 0 aromatic heterocycles. The summed E-state index contributed by atoms with van der Waals surface area (Å²) in [5.74, 6) is -1.91. The highest BCUT2D eigenvalue weighted by Crippen LogP contribution is 2.30. The SMILES string of the molecule is O=C(O)CCN(Cc1ccc(OCCN2C(=O)CC(c3ccc(Cl)cc3)C2=O)c(F)c1)CC1CCCC1. The Kier molecular flexibility index (Phi) is 9.16. The summed E-state index contributed by atoms with van der Waals surface area (Å²) >= 11 is 5.91. The van der Waals surface area contributed by atoms with Crippen LogP contribution >= 0.6 is 11.6 Å². The number of carboxylic acid groups (broad SMARTS) is 1. The molecule has 37 heavy (non-hydrogen) atoms. The maximum absolute atomic E-state index is 14.8. The van der Waals surface area contributed by atoms with E-state index in [0.717, 1.165) is 35.4 Å². The van der Waals surface area contributed by atoms with E-state index in [4.69, 9.17) is 21.4 Å². The van der Waals surface area contributed by atoms with Crippen LogP contribution in [0.1, 0.15) is 55.6 Å². The average molecular weight is 531 g/mol. The van der Waals surface area contributed by atoms with Crippen molar-refractivity contribution in [3.8, 4) is 5.75 Å². The number of carbonyl (C=O) groups is 3. The highest BCUT2D eigenvalue weighted by molar-refractivity contribution is 6.30. The van der Waals surface area contributed by atoms with Gasteiger partial charge in [-0.1, -0.05) is 42.6 Å². The molecule has 1 N–H and O–H groups in total. The van der Waals surface area contributed by atoms with Crippen molar-refractivity contribution < 1.29 is 28.6 Å². The predicted octanol–water partition coefficient (Wildman–Crippen LogP) is 4.87. The van der Waals surface area contributed by atoms with Crippen LogP contribution in [0.2, 0.25) is 5.02 Å². The van der Waals surface area contributed by atoms with E-state index in [-0.39, 0.29) is 43.6 Å². The molecule has 0 spiro atoms. The van der Waals surface area contributed by atoms with Crippen molar-refractivity contribution in [1.82, 2.24) is 9.80 Å². The van der Waals surface area contributed by atoms with Gasteiger partial charge in [-0.25, -0.2) is 4.39 Å². The Morgan fingerprint density at radius 2 is 1.86 bits per heavy atom. The fourth-order valence-electron chi connectivity index (χ4n) is 5.19. The summed E-state index contributed by atoms with van der Waals surface area (Å²) in [6, 6.07) is 11.6. The number of amides is 2. The van der Waals surface area contributed by atoms with E-state index in [1.807, 2.05) is 0 Å². The van der Waals surface area contributed by atoms with Crippen molar-refractivity contribution in [3.05, 3.63) is 64.4 Å². The van der Waals surface area contributed by atoms with Crippen LogP contribution in [0.3, 0.4) is 0 Å². The fourth-order valence-corrected chi connectivity index (χ4v) is 5.31. The monoisotopic (exact) mass is 530 g/mol. The standard InChI is InChI=1S/C28H32ClFN2O5/c29-22-8-6-21(7-9-22)23-16-26(33)32(28(23)36)13-14-37-25-10-5-20(15-24(25)30)18-31(12-11-27(34)35)17-19-3-1-2-4-19/h5-10,15,19,23H,1-4,11-14,16-18H2,(H,34,35). The first-order valence-corrected chi connectivity index (χ1v) is 13.1. The first kappa shape index (κ1) is 27.1. The number of hydrogen-bond donors (Lipinski definition) is 1. The first-order valence-electron chi connectivity index (χ1n) is 12.7. The quantitative estimate of drug-likeness (QED) is 0.394. The Hall–Kier alpha value is -2.97. The summed E-state index contributed by atoms with van der Waals surface area (Å²) in [7, 11) is 0. The van der Waals surface area contributed by atoms with Crippen LogP contribution in [0.5, 0.6) is 5.75 Å². The molecule has 1 atom stereocenters. The molecule has 1 unspecified atom stereocenters. The van der Waals surface area contributed by atoms with Gasteiger partial charge >= 0.3 is 5.97 Å². The number of benzene rings is 2. The van der Waals surface area contributed by atoms with Gasteiger partial charge in [0, 0.05) is 31.1 Å². The van der Waals surface area contributed by atoms with Crippen molar-refractivity contribution in [3.63, 3.8) is 0 Å². The molecule has 1 aliphatic heterocycles. The van der Waals surface area contributed by atoms with Gasteiger partial charge < -0.3 is 9.84 Å². The van der Waals surface area contributed by atoms with E-state index in [9.17, 15) is 18.8 Å². The van der Waals surface area contributed by atoms with E-state index >= 15 is 0 Å². The van der Waals surface area contributed by atoms with Crippen LogP contribution in [0.4, 0.5) is 4.39 Å². The number of imide groups is 1. The third-order valence-electron chi connectivity index (χ3n) is 7.12. The molecular weight excluding hydrogens is 499 g/mol. The van der Waals surface area contributed by atoms with Crippen LogP contribution < -0.4 is 4.74 Å². The number of aliphatic carboxylic acids is 1. The van der Waals surface area contributed by atoms with Crippen LogP contribution in [0.15, 0.2) is 42.5 Å². The number of carboxylic acids is 1. The maximum atomic E-state index is 14.8. The van der Waals surface area contributed by atoms with Gasteiger partial charge in [-0.05, 0) is 54.2 Å². The molecule has 2 aromatic rings. The van der Waals surface area contributed by atoms with E-state index in [2.05, 4.69) is 4.90 Å². The first-order chi connectivity index (χ1) is 17.8. The third-order valence-corrected chi connectivity index (χ3v) is 7.38. The maximum Gasteiger partial charge on any atom is 0.304 e. The van der Waals surface area contributed by atoms with Crippen molar-refractivity contribution in [2.45, 2.75) is 51.0 Å². The number of halogens is 2. The summed E-state index contributed by atoms with van der Waals surface area (Å²) in [6.07, 6.45) is 4.83. The molecule has 1 aliphatic carbocycles. The van der Waals surface area contributed by atoms with Gasteiger partial charge in [0.05, 0.1) is 18.9 Å². The van der Waals surface area contributed by atoms with Crippen molar-refractivity contribution in [2.24, 2.45) is 5.92 Å². The summed E-state index contributed by atoms with van der Waals surface area (Å²) in [6.45, 7) is 1.70. The summed E-state index contributed by atoms with van der Waals surface area (Å²) in [5.41, 5.74) is 1.47. The van der Waals surface area contributed by atoms with Crippen LogP contribution in [0.25, 0.3) is 0 Å². The fraction of sp³-hybridized carbons (Fsp3) is 0.464. The number of ether oxygens (including phenoxy) is 1. The minimum atomic E-state index is -0.846. The molecule has 2 aromatic carbocycles. The molecule has 0 bridgehead atoms. The van der Waals surface area contributed by atoms with Crippen LogP contribution in [0, 0.1) is 11.7 Å². The topological polar surface area (TPSA) is 87.2 Å². The number of rotatable bonds is 12. The van der Waals surface area contributed by atoms with Gasteiger partial charge in [0.1, 0.15) is 6.61 Å². The number of carbonyl (C=O) groups excluding carboxylic acids is 2. The molecule has 1 saturated carbocycles. The molecule has 2 aliphatic rings. The van der Waals surface area contributed by atoms with Gasteiger partial charge in [-0.15, -0.1) is 0 Å². The van der Waals surface area contributed by atoms with E-state index in [1.165, 1.54) is 18.9 Å². The molecular formula is C28H32ClFN2O5. The molecule has 4 rings (SSSR count). The third kappa shape index (κ3) is 7.29. The smallest absolute Gasteiger partial charge is 0.304 e. The van der Waals surface area contributed by atoms with Crippen molar-refractivity contribution in [2.75, 3.05) is 26.2 Å². The van der Waals surface area contributed by atoms with Gasteiger partial charge in [-0.2, -0.15) is 0 Å². The second-order valence-electron chi connectivity index (χ2n) is 9.83. The zero-order valence-electron chi connectivity index (χ0n) is 20.7. The zero-order chi connectivity index (χ0) is 26.4. The highest BCUT2D eigenvalue weighted by atomic mass is 35.5. The largest absolute Gasteiger partial charge is 0.489 e. The Bertz CT molecular complexity index is 1120. The number of nitrogens with zero attached hydrogens (tertiary/aromatic N) is 2. The Morgan fingerprint density at radius 1 is 1.14 bits per heavy atom. The lowest BCUT2D eigenvalue weighted by Gasteiger charge is -2.25. The molecule has 1 saturated heterocycles. The number of hydrogen-bond acceptors (Lipinski definition) is 5. The predicted molar refractivity (Wildman–Crippen MR) is 137 cm³/mol. The van der Waals surface area contributed by atoms with Gasteiger partial charge in [-0.3, -0.25) is 24.2 Å². The van der Waals surface area contributed by atoms with Crippen LogP contribution in [-0.4, -0.2) is 58.9 Å². The minimum absolute atomic E-state index is 0.0203. The second kappa shape index (κ2) is 12.5. The van der Waals surface area contributed by atoms with Gasteiger partial charge in [0.15, 0.2) is 11.6 Å². The molecule has 1 heterocycles. The zero-order valence-corrected chi connectivity index (χ0v) is 21.5. The average Bonchev–Trinajstić information content (AvgIpc) is 3.47. The highest BCUT2D eigenvalue weighted by Gasteiger charge is 2.39. The second-order valence-corrected chi connectivity index (χ2v) is 10.3. The van der Waals surface area contributed by atoms with E-state index < -0.39 is 17.7 Å².